The van der Waals surface area contributed by atoms with Crippen molar-refractivity contribution >= 4 is 46.2 Å². The van der Waals surface area contributed by atoms with Crippen LogP contribution in [0.1, 0.15) is 17.8 Å². The van der Waals surface area contributed by atoms with Gasteiger partial charge in [0, 0.05) is 41.8 Å². The van der Waals surface area contributed by atoms with Crippen LogP contribution in [0.5, 0.6) is 0 Å². The van der Waals surface area contributed by atoms with Gasteiger partial charge in [0.15, 0.2) is 0 Å². The average Bonchev–Trinajstić information content (AvgIpc) is 3.28. The summed E-state index contributed by atoms with van der Waals surface area (Å²) in [6.45, 7) is 4.12. The Hall–Kier alpha value is -4.79. The topological polar surface area (TPSA) is 99.2 Å². The van der Waals surface area contributed by atoms with Crippen LogP contribution in [0.15, 0.2) is 78.9 Å². The number of anilines is 6. The van der Waals surface area contributed by atoms with Crippen LogP contribution in [-0.2, 0) is 9.59 Å². The highest BCUT2D eigenvalue weighted by Crippen LogP contribution is 2.27. The number of benzene rings is 3. The first-order chi connectivity index (χ1) is 18.3. The zero-order valence-electron chi connectivity index (χ0n) is 21.0. The number of carbonyl (C=O) groups excluding carboxylic acids is 2. The van der Waals surface area contributed by atoms with Crippen molar-refractivity contribution < 1.29 is 14.0 Å². The quantitative estimate of drug-likeness (QED) is 0.295. The molecule has 1 atom stereocenters. The first kappa shape index (κ1) is 24.9. The molecule has 0 radical (unpaired) electrons. The van der Waals surface area contributed by atoms with Crippen molar-refractivity contribution in [3.05, 3.63) is 96.1 Å². The summed E-state index contributed by atoms with van der Waals surface area (Å²) in [5.41, 5.74) is 4.11. The smallest absolute Gasteiger partial charge is 0.229 e. The molecule has 1 unspecified atom stereocenters. The summed E-state index contributed by atoms with van der Waals surface area (Å²) in [5.74, 6) is 0.669. The van der Waals surface area contributed by atoms with Crippen LogP contribution in [0, 0.1) is 25.6 Å². The second kappa shape index (κ2) is 10.7. The fraction of sp³-hybridized carbons (Fsp3) is 0.172. The minimum absolute atomic E-state index is 0.106. The number of hydrogen-bond donors (Lipinski definition) is 3. The number of aromatic nitrogens is 2. The van der Waals surface area contributed by atoms with Crippen molar-refractivity contribution in [1.29, 1.82) is 0 Å². The maximum atomic E-state index is 13.2. The molecule has 192 valence electrons. The van der Waals surface area contributed by atoms with Gasteiger partial charge in [0.1, 0.15) is 23.3 Å². The first-order valence-corrected chi connectivity index (χ1v) is 12.3. The van der Waals surface area contributed by atoms with Crippen LogP contribution in [0.4, 0.5) is 38.8 Å². The Morgan fingerprint density at radius 1 is 0.842 bits per heavy atom. The molecule has 3 aromatic carbocycles. The van der Waals surface area contributed by atoms with Gasteiger partial charge in [0.2, 0.25) is 11.8 Å². The van der Waals surface area contributed by atoms with Crippen molar-refractivity contribution in [1.82, 2.24) is 9.97 Å². The summed E-state index contributed by atoms with van der Waals surface area (Å²) in [6.07, 6.45) is 0.106. The number of amides is 2. The monoisotopic (exact) mass is 510 g/mol. The highest BCUT2D eigenvalue weighted by Gasteiger charge is 2.35. The van der Waals surface area contributed by atoms with Gasteiger partial charge in [0.25, 0.3) is 0 Å². The van der Waals surface area contributed by atoms with E-state index in [-0.39, 0.29) is 30.6 Å². The van der Waals surface area contributed by atoms with E-state index in [1.54, 1.807) is 24.3 Å². The van der Waals surface area contributed by atoms with Gasteiger partial charge in [-0.3, -0.25) is 9.59 Å². The van der Waals surface area contributed by atoms with Crippen molar-refractivity contribution in [2.45, 2.75) is 20.3 Å². The lowest BCUT2D eigenvalue weighted by molar-refractivity contribution is -0.122. The van der Waals surface area contributed by atoms with Gasteiger partial charge in [-0.15, -0.1) is 0 Å². The highest BCUT2D eigenvalue weighted by atomic mass is 19.1. The molecule has 38 heavy (non-hydrogen) atoms. The van der Waals surface area contributed by atoms with E-state index in [0.29, 0.717) is 28.8 Å². The van der Waals surface area contributed by atoms with E-state index in [9.17, 15) is 14.0 Å². The minimum atomic E-state index is -0.492. The zero-order valence-corrected chi connectivity index (χ0v) is 21.0. The first-order valence-electron chi connectivity index (χ1n) is 12.3. The Balaban J connectivity index is 1.20. The Morgan fingerprint density at radius 3 is 2.00 bits per heavy atom. The number of aryl methyl sites for hydroxylation is 2. The molecular formula is C29H27FN6O2. The Bertz CT molecular complexity index is 1460. The zero-order chi connectivity index (χ0) is 26.6. The summed E-state index contributed by atoms with van der Waals surface area (Å²) in [5, 5.41) is 9.44. The predicted octanol–water partition coefficient (Wildman–Crippen LogP) is 5.71. The lowest BCUT2D eigenvalue weighted by atomic mass is 10.1. The summed E-state index contributed by atoms with van der Waals surface area (Å²) in [4.78, 5) is 35.7. The molecule has 2 amide bonds. The molecule has 1 aliphatic rings. The van der Waals surface area contributed by atoms with Crippen LogP contribution in [0.2, 0.25) is 0 Å². The number of nitrogens with one attached hydrogen (secondary N) is 3. The Morgan fingerprint density at radius 2 is 1.39 bits per heavy atom. The van der Waals surface area contributed by atoms with Gasteiger partial charge in [-0.25, -0.2) is 14.4 Å². The number of nitrogens with zero attached hydrogens (tertiary/aromatic N) is 3. The molecule has 1 saturated heterocycles. The Labute approximate surface area is 219 Å². The van der Waals surface area contributed by atoms with Gasteiger partial charge in [0.05, 0.1) is 5.92 Å². The fourth-order valence-electron chi connectivity index (χ4n) is 4.26. The third-order valence-electron chi connectivity index (χ3n) is 6.22. The number of carbonyl (C=O) groups is 2. The third-order valence-corrected chi connectivity index (χ3v) is 6.22. The van der Waals surface area contributed by atoms with Gasteiger partial charge in [-0.1, -0.05) is 17.7 Å². The Kier molecular flexibility index (Phi) is 6.99. The predicted molar refractivity (Wildman–Crippen MR) is 146 cm³/mol. The molecule has 1 aromatic heterocycles. The summed E-state index contributed by atoms with van der Waals surface area (Å²) in [7, 11) is 0. The van der Waals surface area contributed by atoms with Crippen LogP contribution >= 0.6 is 0 Å². The maximum absolute atomic E-state index is 13.2. The molecular weight excluding hydrogens is 483 g/mol. The molecule has 1 fully saturated rings. The molecule has 0 saturated carbocycles. The van der Waals surface area contributed by atoms with E-state index >= 15 is 0 Å². The number of rotatable bonds is 7. The largest absolute Gasteiger partial charge is 0.340 e. The van der Waals surface area contributed by atoms with E-state index in [2.05, 4.69) is 25.9 Å². The van der Waals surface area contributed by atoms with Crippen LogP contribution in [0.3, 0.4) is 0 Å². The van der Waals surface area contributed by atoms with E-state index in [4.69, 9.17) is 0 Å². The summed E-state index contributed by atoms with van der Waals surface area (Å²) >= 11 is 0. The van der Waals surface area contributed by atoms with Crippen molar-refractivity contribution in [2.24, 2.45) is 5.92 Å². The van der Waals surface area contributed by atoms with E-state index < -0.39 is 5.92 Å². The third kappa shape index (κ3) is 5.95. The SMILES string of the molecule is Cc1ccc(Nc2cc(Nc3ccc(NC(=O)C4CC(=O)N(c5ccc(F)cc5)C4)cc3)nc(C)n2)cc1. The standard InChI is InChI=1S/C29H27FN6O2/c1-18-3-7-22(8-4-18)33-26-16-27(32-19(2)31-26)34-23-9-11-24(12-10-23)35-29(38)20-15-28(37)36(17-20)25-13-5-21(30)6-14-25/h3-14,16,20H,15,17H2,1-2H3,(H,35,38)(H2,31,32,33,34). The van der Waals surface area contributed by atoms with Gasteiger partial charge < -0.3 is 20.9 Å². The summed E-state index contributed by atoms with van der Waals surface area (Å²) < 4.78 is 13.2. The second-order valence-electron chi connectivity index (χ2n) is 9.25. The van der Waals surface area contributed by atoms with E-state index in [1.165, 1.54) is 22.6 Å². The summed E-state index contributed by atoms with van der Waals surface area (Å²) in [6, 6.07) is 22.8. The van der Waals surface area contributed by atoms with Crippen LogP contribution < -0.4 is 20.9 Å². The van der Waals surface area contributed by atoms with Gasteiger partial charge in [-0.05, 0) is 74.5 Å². The number of hydrogen-bond acceptors (Lipinski definition) is 6. The molecule has 2 heterocycles. The lowest BCUT2D eigenvalue weighted by Crippen LogP contribution is -2.28. The maximum Gasteiger partial charge on any atom is 0.229 e. The molecule has 0 aliphatic carbocycles. The highest BCUT2D eigenvalue weighted by molar-refractivity contribution is 6.03. The lowest BCUT2D eigenvalue weighted by Gasteiger charge is -2.16. The van der Waals surface area contributed by atoms with Crippen LogP contribution in [0.25, 0.3) is 0 Å². The molecule has 4 aromatic rings. The second-order valence-corrected chi connectivity index (χ2v) is 9.25. The van der Waals surface area contributed by atoms with Gasteiger partial charge >= 0.3 is 0 Å². The molecule has 0 bridgehead atoms. The van der Waals surface area contributed by atoms with Crippen molar-refractivity contribution in [3.63, 3.8) is 0 Å². The van der Waals surface area contributed by atoms with Crippen molar-refractivity contribution in [3.8, 4) is 0 Å². The molecule has 3 N–H and O–H groups in total. The molecule has 8 nitrogen and oxygen atoms in total. The fourth-order valence-corrected chi connectivity index (χ4v) is 4.26. The molecule has 9 heteroatoms. The molecule has 5 rings (SSSR count). The van der Waals surface area contributed by atoms with E-state index in [1.807, 2.05) is 56.3 Å². The normalized spacial score (nSPS) is 14.9. The average molecular weight is 511 g/mol. The van der Waals surface area contributed by atoms with Crippen molar-refractivity contribution in [2.75, 3.05) is 27.4 Å². The molecule has 1 aliphatic heterocycles. The van der Waals surface area contributed by atoms with Gasteiger partial charge in [-0.2, -0.15) is 0 Å². The molecule has 0 spiro atoms. The van der Waals surface area contributed by atoms with E-state index in [0.717, 1.165) is 11.4 Å². The van der Waals surface area contributed by atoms with Crippen LogP contribution in [-0.4, -0.2) is 28.3 Å². The number of halogens is 1. The minimum Gasteiger partial charge on any atom is -0.340 e.